The molecule has 1 fully saturated rings. The molecule has 2 amide bonds. The summed E-state index contributed by atoms with van der Waals surface area (Å²) in [6.45, 7) is 6.13. The average molecular weight is 603 g/mol. The number of hydrogen-bond donors (Lipinski definition) is 0. The summed E-state index contributed by atoms with van der Waals surface area (Å²) in [4.78, 5) is 52.8. The summed E-state index contributed by atoms with van der Waals surface area (Å²) in [5.74, 6) is 0.759. The van der Waals surface area contributed by atoms with Crippen molar-refractivity contribution in [1.82, 2.24) is 29.4 Å². The summed E-state index contributed by atoms with van der Waals surface area (Å²) >= 11 is 0. The fourth-order valence-corrected chi connectivity index (χ4v) is 5.59. The van der Waals surface area contributed by atoms with Crippen molar-refractivity contribution in [2.75, 3.05) is 40.4 Å². The molecule has 0 saturated carbocycles. The van der Waals surface area contributed by atoms with Crippen LogP contribution >= 0.6 is 0 Å². The van der Waals surface area contributed by atoms with Crippen LogP contribution in [-0.4, -0.2) is 94.1 Å². The van der Waals surface area contributed by atoms with Crippen molar-refractivity contribution in [2.24, 2.45) is 11.8 Å². The molecule has 3 heterocycles. The molecule has 12 heteroatoms. The Balaban J connectivity index is 1.25. The molecule has 1 aliphatic rings. The van der Waals surface area contributed by atoms with Gasteiger partial charge in [-0.3, -0.25) is 19.0 Å². The van der Waals surface area contributed by atoms with E-state index in [2.05, 4.69) is 0 Å². The summed E-state index contributed by atoms with van der Waals surface area (Å²) in [6, 6.07) is 11.2. The number of carbonyl (C=O) groups is 4. The summed E-state index contributed by atoms with van der Waals surface area (Å²) in [7, 11) is 3.18. The molecule has 2 aromatic carbocycles. The lowest BCUT2D eigenvalue weighted by atomic mass is 10.1. The van der Waals surface area contributed by atoms with Crippen LogP contribution in [0.15, 0.2) is 36.4 Å². The summed E-state index contributed by atoms with van der Waals surface area (Å²) in [5.41, 5.74) is 2.91. The third kappa shape index (κ3) is 6.43. The Morgan fingerprint density at radius 3 is 1.45 bits per heavy atom. The second kappa shape index (κ2) is 13.3. The van der Waals surface area contributed by atoms with Gasteiger partial charge in [0.15, 0.2) is 0 Å². The maximum absolute atomic E-state index is 13.3. The molecule has 12 nitrogen and oxygen atoms in total. The summed E-state index contributed by atoms with van der Waals surface area (Å²) in [6.07, 6.45) is 2.01. The van der Waals surface area contributed by atoms with E-state index >= 15 is 0 Å². The van der Waals surface area contributed by atoms with Gasteiger partial charge in [0.25, 0.3) is 0 Å². The number of piperazine rings is 1. The Morgan fingerprint density at radius 1 is 0.727 bits per heavy atom. The highest BCUT2D eigenvalue weighted by Crippen LogP contribution is 2.27. The van der Waals surface area contributed by atoms with Crippen LogP contribution in [0.5, 0.6) is 11.5 Å². The summed E-state index contributed by atoms with van der Waals surface area (Å²) in [5, 5.41) is 11.1. The van der Waals surface area contributed by atoms with Crippen LogP contribution in [0.25, 0.3) is 21.8 Å². The standard InChI is InChI=1S/C32H38N6O6/c1-21(19-39)17-37-29-13-23(43-3)5-7-25(29)27(33-37)15-31(41)35-9-11-36(12-10-35)32(42)16-28-26-8-6-24(44-4)14-30(26)38(34-28)18-22(2)20-40/h5-8,13-14,19-22H,9-12,15-18H2,1-4H3. The molecule has 0 spiro atoms. The van der Waals surface area contributed by atoms with E-state index in [0.717, 1.165) is 34.4 Å². The number of amides is 2. The van der Waals surface area contributed by atoms with Crippen LogP contribution in [0, 0.1) is 11.8 Å². The van der Waals surface area contributed by atoms with Crippen LogP contribution in [-0.2, 0) is 45.1 Å². The molecule has 44 heavy (non-hydrogen) atoms. The van der Waals surface area contributed by atoms with Crippen LogP contribution < -0.4 is 9.47 Å². The zero-order valence-electron chi connectivity index (χ0n) is 25.6. The molecule has 232 valence electrons. The van der Waals surface area contributed by atoms with Gasteiger partial charge in [0.1, 0.15) is 24.1 Å². The normalized spacial score (nSPS) is 14.9. The van der Waals surface area contributed by atoms with E-state index in [-0.39, 0.29) is 36.5 Å². The number of ether oxygens (including phenoxy) is 2. The van der Waals surface area contributed by atoms with E-state index in [1.807, 2.05) is 50.2 Å². The van der Waals surface area contributed by atoms with Crippen molar-refractivity contribution in [2.45, 2.75) is 39.8 Å². The Morgan fingerprint density at radius 2 is 1.11 bits per heavy atom. The minimum Gasteiger partial charge on any atom is -0.497 e. The molecule has 2 unspecified atom stereocenters. The van der Waals surface area contributed by atoms with Crippen molar-refractivity contribution in [3.63, 3.8) is 0 Å². The highest BCUT2D eigenvalue weighted by Gasteiger charge is 2.27. The van der Waals surface area contributed by atoms with E-state index in [4.69, 9.17) is 19.7 Å². The monoisotopic (exact) mass is 602 g/mol. The maximum Gasteiger partial charge on any atom is 0.228 e. The van der Waals surface area contributed by atoms with E-state index in [0.29, 0.717) is 62.2 Å². The maximum atomic E-state index is 13.3. The lowest BCUT2D eigenvalue weighted by Crippen LogP contribution is -2.51. The molecule has 5 rings (SSSR count). The molecule has 2 aromatic heterocycles. The topological polar surface area (TPSA) is 129 Å². The van der Waals surface area contributed by atoms with Gasteiger partial charge in [-0.1, -0.05) is 13.8 Å². The molecule has 1 saturated heterocycles. The van der Waals surface area contributed by atoms with Gasteiger partial charge in [-0.2, -0.15) is 10.2 Å². The van der Waals surface area contributed by atoms with E-state index < -0.39 is 0 Å². The Hall–Kier alpha value is -4.74. The Bertz CT molecular complexity index is 1560. The predicted octanol–water partition coefficient (Wildman–Crippen LogP) is 2.53. The van der Waals surface area contributed by atoms with Gasteiger partial charge in [-0.05, 0) is 24.3 Å². The number of nitrogens with zero attached hydrogens (tertiary/aromatic N) is 6. The van der Waals surface area contributed by atoms with E-state index in [1.165, 1.54) is 0 Å². The van der Waals surface area contributed by atoms with Crippen molar-refractivity contribution in [1.29, 1.82) is 0 Å². The van der Waals surface area contributed by atoms with Crippen molar-refractivity contribution < 1.29 is 28.7 Å². The Labute approximate surface area is 255 Å². The fourth-order valence-electron chi connectivity index (χ4n) is 5.59. The molecule has 4 aromatic rings. The molecule has 0 N–H and O–H groups in total. The number of fused-ring (bicyclic) bond motifs is 2. The minimum absolute atomic E-state index is 0.0640. The van der Waals surface area contributed by atoms with Crippen LogP contribution in [0.1, 0.15) is 25.2 Å². The molecular weight excluding hydrogens is 564 g/mol. The Kier molecular flexibility index (Phi) is 9.26. The van der Waals surface area contributed by atoms with Gasteiger partial charge in [0.2, 0.25) is 11.8 Å². The number of hydrogen-bond acceptors (Lipinski definition) is 8. The number of rotatable bonds is 12. The van der Waals surface area contributed by atoms with Gasteiger partial charge >= 0.3 is 0 Å². The number of methoxy groups -OCH3 is 2. The summed E-state index contributed by atoms with van der Waals surface area (Å²) < 4.78 is 14.3. The lowest BCUT2D eigenvalue weighted by Gasteiger charge is -2.34. The molecule has 0 radical (unpaired) electrons. The largest absolute Gasteiger partial charge is 0.497 e. The highest BCUT2D eigenvalue weighted by atomic mass is 16.5. The molecular formula is C32H38N6O6. The lowest BCUT2D eigenvalue weighted by molar-refractivity contribution is -0.138. The van der Waals surface area contributed by atoms with Gasteiger partial charge in [0, 0.05) is 60.9 Å². The first-order valence-corrected chi connectivity index (χ1v) is 14.8. The van der Waals surface area contributed by atoms with Gasteiger partial charge in [0.05, 0.1) is 62.6 Å². The second-order valence-electron chi connectivity index (χ2n) is 11.4. The second-order valence-corrected chi connectivity index (χ2v) is 11.4. The van der Waals surface area contributed by atoms with E-state index in [1.54, 1.807) is 33.4 Å². The van der Waals surface area contributed by atoms with Crippen LogP contribution in [0.4, 0.5) is 0 Å². The quantitative estimate of drug-likeness (QED) is 0.226. The zero-order chi connectivity index (χ0) is 31.4. The smallest absolute Gasteiger partial charge is 0.228 e. The van der Waals surface area contributed by atoms with Gasteiger partial charge in [-0.25, -0.2) is 0 Å². The molecule has 0 bridgehead atoms. The van der Waals surface area contributed by atoms with Gasteiger partial charge in [-0.15, -0.1) is 0 Å². The number of benzene rings is 2. The fraction of sp³-hybridized carbons (Fsp3) is 0.438. The van der Waals surface area contributed by atoms with E-state index in [9.17, 15) is 19.2 Å². The first-order valence-electron chi connectivity index (χ1n) is 14.8. The number of aromatic nitrogens is 4. The third-order valence-corrected chi connectivity index (χ3v) is 8.08. The molecule has 1 aliphatic heterocycles. The minimum atomic E-state index is -0.229. The van der Waals surface area contributed by atoms with Crippen molar-refractivity contribution in [3.8, 4) is 11.5 Å². The third-order valence-electron chi connectivity index (χ3n) is 8.08. The molecule has 2 atom stereocenters. The predicted molar refractivity (Wildman–Crippen MR) is 164 cm³/mol. The highest BCUT2D eigenvalue weighted by molar-refractivity contribution is 5.90. The van der Waals surface area contributed by atoms with Crippen LogP contribution in [0.2, 0.25) is 0 Å². The van der Waals surface area contributed by atoms with Crippen LogP contribution in [0.3, 0.4) is 0 Å². The first kappa shape index (κ1) is 30.7. The van der Waals surface area contributed by atoms with Gasteiger partial charge < -0.3 is 28.9 Å². The number of aldehydes is 2. The SMILES string of the molecule is COc1ccc2c(CC(=O)N3CCN(C(=O)Cc4nn(CC(C)C=O)c5cc(OC)ccc45)CC3)nn(CC(C)C=O)c2c1. The average Bonchev–Trinajstić information content (AvgIpc) is 3.56. The van der Waals surface area contributed by atoms with Crippen molar-refractivity contribution in [3.05, 3.63) is 47.8 Å². The first-order chi connectivity index (χ1) is 21.2. The van der Waals surface area contributed by atoms with Crippen molar-refractivity contribution >= 4 is 46.2 Å². The number of carbonyl (C=O) groups excluding carboxylic acids is 4. The zero-order valence-corrected chi connectivity index (χ0v) is 25.6. The molecule has 0 aliphatic carbocycles.